The highest BCUT2D eigenvalue weighted by molar-refractivity contribution is 5.51. The minimum atomic E-state index is 0.469. The summed E-state index contributed by atoms with van der Waals surface area (Å²) in [5.41, 5.74) is 7.36. The number of hydrogen-bond donors (Lipinski definition) is 2. The number of nitrogens with one attached hydrogen (secondary N) is 1. The monoisotopic (exact) mass is 207 g/mol. The molecule has 0 saturated heterocycles. The average Bonchev–Trinajstić information content (AvgIpc) is 2.15. The molecule has 3 nitrogen and oxygen atoms in total. The summed E-state index contributed by atoms with van der Waals surface area (Å²) in [6, 6.07) is 2.38. The lowest BCUT2D eigenvalue weighted by Crippen LogP contribution is -2.16. The number of nitrogens with zero attached hydrogens (tertiary/aromatic N) is 1. The topological polar surface area (TPSA) is 50.9 Å². The summed E-state index contributed by atoms with van der Waals surface area (Å²) >= 11 is 0. The molecule has 0 radical (unpaired) electrons. The molecule has 15 heavy (non-hydrogen) atoms. The van der Waals surface area contributed by atoms with E-state index >= 15 is 0 Å². The van der Waals surface area contributed by atoms with Gasteiger partial charge >= 0.3 is 0 Å². The van der Waals surface area contributed by atoms with Crippen LogP contribution in [0.3, 0.4) is 0 Å². The Balaban J connectivity index is 2.40. The summed E-state index contributed by atoms with van der Waals surface area (Å²) in [6.45, 7) is 6.68. The van der Waals surface area contributed by atoms with Crippen molar-refractivity contribution in [2.75, 3.05) is 11.1 Å². The van der Waals surface area contributed by atoms with Gasteiger partial charge in [0.05, 0.1) is 17.6 Å². The summed E-state index contributed by atoms with van der Waals surface area (Å²) in [5, 5.41) is 3.40. The first-order valence-corrected chi connectivity index (χ1v) is 5.55. The van der Waals surface area contributed by atoms with Gasteiger partial charge in [0.15, 0.2) is 0 Å². The zero-order valence-corrected chi connectivity index (χ0v) is 9.83. The van der Waals surface area contributed by atoms with Gasteiger partial charge in [0.25, 0.3) is 0 Å². The summed E-state index contributed by atoms with van der Waals surface area (Å²) < 4.78 is 0. The second-order valence-corrected chi connectivity index (χ2v) is 4.52. The Bertz CT molecular complexity index is 297. The van der Waals surface area contributed by atoms with Crippen LogP contribution in [0.15, 0.2) is 18.5 Å². The lowest BCUT2D eigenvalue weighted by Gasteiger charge is -2.16. The van der Waals surface area contributed by atoms with E-state index in [1.54, 1.807) is 6.20 Å². The van der Waals surface area contributed by atoms with Crippen molar-refractivity contribution in [2.24, 2.45) is 5.92 Å². The van der Waals surface area contributed by atoms with Crippen molar-refractivity contribution < 1.29 is 0 Å². The molecule has 1 heterocycles. The van der Waals surface area contributed by atoms with Crippen LogP contribution in [0, 0.1) is 5.92 Å². The summed E-state index contributed by atoms with van der Waals surface area (Å²) in [6.07, 6.45) is 5.88. The number of aromatic nitrogens is 1. The van der Waals surface area contributed by atoms with Crippen LogP contribution < -0.4 is 11.1 Å². The minimum Gasteiger partial charge on any atom is -0.397 e. The van der Waals surface area contributed by atoms with E-state index in [-0.39, 0.29) is 0 Å². The Labute approximate surface area is 92.1 Å². The van der Waals surface area contributed by atoms with E-state index in [4.69, 9.17) is 5.73 Å². The number of nitrogens with two attached hydrogens (primary N) is 1. The molecule has 0 spiro atoms. The van der Waals surface area contributed by atoms with Crippen molar-refractivity contribution in [1.29, 1.82) is 0 Å². The Morgan fingerprint density at radius 3 is 2.60 bits per heavy atom. The molecule has 0 aliphatic heterocycles. The van der Waals surface area contributed by atoms with E-state index in [9.17, 15) is 0 Å². The van der Waals surface area contributed by atoms with E-state index in [1.807, 2.05) is 12.3 Å². The molecule has 0 aliphatic carbocycles. The summed E-state index contributed by atoms with van der Waals surface area (Å²) in [5.74, 6) is 0.758. The highest BCUT2D eigenvalue weighted by Gasteiger charge is 2.03. The molecule has 1 aromatic heterocycles. The predicted molar refractivity (Wildman–Crippen MR) is 65.8 cm³/mol. The molecule has 0 bridgehead atoms. The molecule has 3 N–H and O–H groups in total. The van der Waals surface area contributed by atoms with Gasteiger partial charge in [-0.1, -0.05) is 13.8 Å². The SMILES string of the molecule is CC(C)CCC(C)Nc1cncc(N)c1. The van der Waals surface area contributed by atoms with Crippen LogP contribution in [0.2, 0.25) is 0 Å². The van der Waals surface area contributed by atoms with Crippen LogP contribution >= 0.6 is 0 Å². The van der Waals surface area contributed by atoms with Gasteiger partial charge in [0, 0.05) is 12.2 Å². The van der Waals surface area contributed by atoms with Gasteiger partial charge < -0.3 is 11.1 Å². The molecule has 3 heteroatoms. The summed E-state index contributed by atoms with van der Waals surface area (Å²) in [7, 11) is 0. The van der Waals surface area contributed by atoms with Crippen molar-refractivity contribution in [1.82, 2.24) is 4.98 Å². The van der Waals surface area contributed by atoms with Gasteiger partial charge in [-0.05, 0) is 31.7 Å². The normalized spacial score (nSPS) is 12.8. The first-order valence-electron chi connectivity index (χ1n) is 5.55. The highest BCUT2D eigenvalue weighted by atomic mass is 14.9. The second-order valence-electron chi connectivity index (χ2n) is 4.52. The quantitative estimate of drug-likeness (QED) is 0.780. The number of pyridine rings is 1. The van der Waals surface area contributed by atoms with Crippen molar-refractivity contribution >= 4 is 11.4 Å². The maximum Gasteiger partial charge on any atom is 0.0549 e. The Hall–Kier alpha value is -1.25. The third-order valence-corrected chi connectivity index (χ3v) is 2.35. The molecular weight excluding hydrogens is 186 g/mol. The van der Waals surface area contributed by atoms with Crippen LogP contribution in [0.5, 0.6) is 0 Å². The number of rotatable bonds is 5. The zero-order chi connectivity index (χ0) is 11.3. The third-order valence-electron chi connectivity index (χ3n) is 2.35. The summed E-state index contributed by atoms with van der Waals surface area (Å²) in [4.78, 5) is 4.05. The standard InChI is InChI=1S/C12H21N3/c1-9(2)4-5-10(3)15-12-6-11(13)7-14-8-12/h6-10,15H,4-5,13H2,1-3H3. The van der Waals surface area contributed by atoms with Crippen molar-refractivity contribution in [2.45, 2.75) is 39.7 Å². The van der Waals surface area contributed by atoms with Crippen molar-refractivity contribution in [3.05, 3.63) is 18.5 Å². The van der Waals surface area contributed by atoms with E-state index in [0.717, 1.165) is 11.6 Å². The lowest BCUT2D eigenvalue weighted by molar-refractivity contribution is 0.527. The lowest BCUT2D eigenvalue weighted by atomic mass is 10.0. The minimum absolute atomic E-state index is 0.469. The van der Waals surface area contributed by atoms with Gasteiger partial charge in [-0.15, -0.1) is 0 Å². The van der Waals surface area contributed by atoms with E-state index in [1.165, 1.54) is 12.8 Å². The molecule has 0 fully saturated rings. The Morgan fingerprint density at radius 2 is 2.00 bits per heavy atom. The number of nitrogen functional groups attached to an aromatic ring is 1. The molecule has 1 atom stereocenters. The Morgan fingerprint density at radius 1 is 1.27 bits per heavy atom. The van der Waals surface area contributed by atoms with Crippen LogP contribution in [0.4, 0.5) is 11.4 Å². The largest absolute Gasteiger partial charge is 0.397 e. The first kappa shape index (κ1) is 11.8. The smallest absolute Gasteiger partial charge is 0.0549 e. The van der Waals surface area contributed by atoms with Crippen LogP contribution in [-0.2, 0) is 0 Å². The third kappa shape index (κ3) is 4.68. The molecule has 0 aromatic carbocycles. The van der Waals surface area contributed by atoms with Crippen molar-refractivity contribution in [3.63, 3.8) is 0 Å². The second kappa shape index (κ2) is 5.59. The fourth-order valence-electron chi connectivity index (χ4n) is 1.48. The molecule has 0 amide bonds. The zero-order valence-electron chi connectivity index (χ0n) is 9.83. The van der Waals surface area contributed by atoms with Gasteiger partial charge in [-0.3, -0.25) is 4.98 Å². The van der Waals surface area contributed by atoms with Gasteiger partial charge in [-0.25, -0.2) is 0 Å². The van der Waals surface area contributed by atoms with Crippen LogP contribution in [-0.4, -0.2) is 11.0 Å². The molecule has 1 rings (SSSR count). The molecule has 84 valence electrons. The average molecular weight is 207 g/mol. The Kier molecular flexibility index (Phi) is 4.40. The fourth-order valence-corrected chi connectivity index (χ4v) is 1.48. The predicted octanol–water partition coefficient (Wildman–Crippen LogP) is 2.90. The van der Waals surface area contributed by atoms with E-state index in [2.05, 4.69) is 31.1 Å². The number of anilines is 2. The van der Waals surface area contributed by atoms with Gasteiger partial charge in [0.1, 0.15) is 0 Å². The first-order chi connectivity index (χ1) is 7.08. The molecule has 0 aliphatic rings. The molecule has 1 unspecified atom stereocenters. The van der Waals surface area contributed by atoms with Crippen LogP contribution in [0.1, 0.15) is 33.6 Å². The van der Waals surface area contributed by atoms with E-state index < -0.39 is 0 Å². The van der Waals surface area contributed by atoms with Crippen LogP contribution in [0.25, 0.3) is 0 Å². The highest BCUT2D eigenvalue weighted by Crippen LogP contribution is 2.14. The maximum absolute atomic E-state index is 5.65. The fraction of sp³-hybridized carbons (Fsp3) is 0.583. The maximum atomic E-state index is 5.65. The number of hydrogen-bond acceptors (Lipinski definition) is 3. The van der Waals surface area contributed by atoms with Crippen molar-refractivity contribution in [3.8, 4) is 0 Å². The van der Waals surface area contributed by atoms with E-state index in [0.29, 0.717) is 11.7 Å². The molecule has 0 saturated carbocycles. The van der Waals surface area contributed by atoms with Gasteiger partial charge in [0.2, 0.25) is 0 Å². The molecular formula is C12H21N3. The molecule has 1 aromatic rings. The van der Waals surface area contributed by atoms with Gasteiger partial charge in [-0.2, -0.15) is 0 Å².